The molecular formula is C13H10Cl2F3I3N2O6. The second-order valence-electron chi connectivity index (χ2n) is 4.78. The second-order valence-corrected chi connectivity index (χ2v) is 8.02. The van der Waals surface area contributed by atoms with Crippen molar-refractivity contribution in [2.24, 2.45) is 0 Å². The number of hydrogen-bond donors (Lipinski definition) is 3. The highest BCUT2D eigenvalue weighted by Crippen LogP contribution is 2.37. The minimum atomic E-state index is -5.17. The van der Waals surface area contributed by atoms with Crippen LogP contribution < -0.4 is 10.2 Å². The molecule has 0 radical (unpaired) electrons. The summed E-state index contributed by atoms with van der Waals surface area (Å²) in [4.78, 5) is 46.8. The summed E-state index contributed by atoms with van der Waals surface area (Å²) in [6.45, 7) is -1.02. The molecule has 1 rings (SSSR count). The van der Waals surface area contributed by atoms with Crippen LogP contribution in [0.1, 0.15) is 20.7 Å². The van der Waals surface area contributed by atoms with Crippen LogP contribution in [0.25, 0.3) is 0 Å². The van der Waals surface area contributed by atoms with Crippen LogP contribution >= 0.6 is 92.6 Å². The van der Waals surface area contributed by atoms with Crippen molar-refractivity contribution in [3.8, 4) is 0 Å². The second kappa shape index (κ2) is 11.9. The van der Waals surface area contributed by atoms with Gasteiger partial charge in [0.2, 0.25) is 5.91 Å². The van der Waals surface area contributed by atoms with E-state index in [4.69, 9.17) is 0 Å². The molecule has 1 aromatic rings. The first-order valence-corrected chi connectivity index (χ1v) is 9.74. The number of alkyl halides is 3. The zero-order valence-electron chi connectivity index (χ0n) is 13.8. The smallest absolute Gasteiger partial charge is 0.471 e. The maximum Gasteiger partial charge on any atom is 0.471 e. The normalized spacial score (nSPS) is 10.3. The van der Waals surface area contributed by atoms with E-state index >= 15 is 0 Å². The van der Waals surface area contributed by atoms with Gasteiger partial charge in [-0.05, 0) is 67.8 Å². The molecule has 8 nitrogen and oxygen atoms in total. The first-order chi connectivity index (χ1) is 12.2. The van der Waals surface area contributed by atoms with Gasteiger partial charge in [-0.25, -0.2) is 9.59 Å². The highest BCUT2D eigenvalue weighted by molar-refractivity contribution is 14.1. The summed E-state index contributed by atoms with van der Waals surface area (Å²) in [5, 5.41) is 20.1. The van der Waals surface area contributed by atoms with Gasteiger partial charge in [-0.3, -0.25) is 9.59 Å². The third-order valence-electron chi connectivity index (χ3n) is 3.09. The predicted molar refractivity (Wildman–Crippen MR) is 125 cm³/mol. The van der Waals surface area contributed by atoms with E-state index in [9.17, 15) is 42.6 Å². The Hall–Kier alpha value is -0.340. The van der Waals surface area contributed by atoms with Gasteiger partial charge in [-0.15, -0.1) is 24.8 Å². The zero-order chi connectivity index (χ0) is 21.3. The number of likely N-dealkylation sites (N-methyl/N-ethyl adjacent to an activating group) is 1. The number of carbonyl (C=O) groups is 4. The lowest BCUT2D eigenvalue weighted by Gasteiger charge is -2.24. The van der Waals surface area contributed by atoms with Crippen molar-refractivity contribution in [1.82, 2.24) is 5.32 Å². The van der Waals surface area contributed by atoms with E-state index in [1.54, 1.807) is 67.8 Å². The number of aromatic carboxylic acids is 2. The van der Waals surface area contributed by atoms with Crippen LogP contribution in [-0.2, 0) is 9.59 Å². The van der Waals surface area contributed by atoms with Crippen molar-refractivity contribution in [2.45, 2.75) is 6.18 Å². The summed E-state index contributed by atoms with van der Waals surface area (Å²) in [5.74, 6) is -6.18. The molecule has 0 atom stereocenters. The topological polar surface area (TPSA) is 124 Å². The Balaban J connectivity index is 0. The van der Waals surface area contributed by atoms with Crippen molar-refractivity contribution in [1.29, 1.82) is 0 Å². The van der Waals surface area contributed by atoms with Crippen LogP contribution in [0.4, 0.5) is 18.9 Å². The van der Waals surface area contributed by atoms with Gasteiger partial charge in [0.15, 0.2) is 0 Å². The Morgan fingerprint density at radius 1 is 0.931 bits per heavy atom. The number of nitrogens with zero attached hydrogens (tertiary/aromatic N) is 1. The summed E-state index contributed by atoms with van der Waals surface area (Å²) >= 11 is 4.77. The first kappa shape index (κ1) is 30.9. The van der Waals surface area contributed by atoms with Gasteiger partial charge in [-0.2, -0.15) is 13.2 Å². The van der Waals surface area contributed by atoms with Crippen LogP contribution in [0.2, 0.25) is 0 Å². The summed E-state index contributed by atoms with van der Waals surface area (Å²) in [5.41, 5.74) is -0.816. The number of carboxylic acids is 2. The van der Waals surface area contributed by atoms with Gasteiger partial charge in [0.1, 0.15) is 0 Å². The molecule has 0 heterocycles. The van der Waals surface area contributed by atoms with Crippen LogP contribution in [0, 0.1) is 10.7 Å². The standard InChI is InChI=1S/C13H8F3I3N2O6.2ClH/c1-21(3(22)2-20-12(27)13(14,15)16)9-7(18)4(10(23)24)6(17)5(8(9)19)11(25)26;;/h2H2,1H3,(H,20,27)(H,23,24)(H,25,26);2*1H. The van der Waals surface area contributed by atoms with Crippen molar-refractivity contribution in [3.05, 3.63) is 21.8 Å². The molecule has 3 N–H and O–H groups in total. The number of nitrogens with one attached hydrogen (secondary N) is 1. The predicted octanol–water partition coefficient (Wildman–Crippen LogP) is 3.38. The van der Waals surface area contributed by atoms with E-state index in [2.05, 4.69) is 0 Å². The fourth-order valence-electron chi connectivity index (χ4n) is 1.82. The molecule has 0 saturated heterocycles. The molecule has 1 aromatic carbocycles. The molecule has 0 aliphatic rings. The number of carbonyl (C=O) groups excluding carboxylic acids is 2. The Bertz CT molecular complexity index is 813. The van der Waals surface area contributed by atoms with Crippen molar-refractivity contribution < 1.29 is 42.6 Å². The van der Waals surface area contributed by atoms with Gasteiger partial charge < -0.3 is 20.4 Å². The van der Waals surface area contributed by atoms with Crippen LogP contribution in [0.3, 0.4) is 0 Å². The Kier molecular flexibility index (Phi) is 12.7. The third-order valence-corrected chi connectivity index (χ3v) is 6.27. The van der Waals surface area contributed by atoms with E-state index in [1.165, 1.54) is 5.32 Å². The number of amides is 2. The fourth-order valence-corrected chi connectivity index (χ4v) is 6.63. The van der Waals surface area contributed by atoms with Gasteiger partial charge in [0.25, 0.3) is 0 Å². The summed E-state index contributed by atoms with van der Waals surface area (Å²) < 4.78 is 36.6. The largest absolute Gasteiger partial charge is 0.478 e. The molecule has 0 unspecified atom stereocenters. The highest BCUT2D eigenvalue weighted by atomic mass is 127. The first-order valence-electron chi connectivity index (χ1n) is 6.50. The van der Waals surface area contributed by atoms with E-state index in [0.29, 0.717) is 0 Å². The van der Waals surface area contributed by atoms with E-state index in [-0.39, 0.29) is 52.3 Å². The fraction of sp³-hybridized carbons (Fsp3) is 0.231. The number of anilines is 1. The zero-order valence-corrected chi connectivity index (χ0v) is 21.9. The van der Waals surface area contributed by atoms with Gasteiger partial charge in [0.05, 0.1) is 30.5 Å². The maximum absolute atomic E-state index is 12.2. The number of carboxylic acid groups (broad SMARTS) is 2. The Labute approximate surface area is 214 Å². The van der Waals surface area contributed by atoms with E-state index in [1.807, 2.05) is 0 Å². The molecule has 16 heteroatoms. The number of benzene rings is 1. The summed E-state index contributed by atoms with van der Waals surface area (Å²) in [6, 6.07) is 0. The van der Waals surface area contributed by atoms with Gasteiger partial charge in [0, 0.05) is 10.6 Å². The third kappa shape index (κ3) is 7.10. The molecule has 0 spiro atoms. The lowest BCUT2D eigenvalue weighted by atomic mass is 10.1. The molecule has 0 aliphatic heterocycles. The number of rotatable bonds is 5. The molecule has 0 fully saturated rings. The SMILES string of the molecule is CN(C(=O)CNC(=O)C(F)(F)F)c1c(I)c(C(=O)O)c(I)c(C(=O)O)c1I.Cl.Cl. The van der Waals surface area contributed by atoms with Crippen molar-refractivity contribution >= 4 is 122 Å². The molecule has 0 aromatic heterocycles. The molecule has 0 saturated carbocycles. The monoisotopic (exact) mass is 798 g/mol. The summed E-state index contributed by atoms with van der Waals surface area (Å²) in [7, 11) is 1.13. The number of hydrogen-bond acceptors (Lipinski definition) is 4. The lowest BCUT2D eigenvalue weighted by molar-refractivity contribution is -0.173. The van der Waals surface area contributed by atoms with E-state index in [0.717, 1.165) is 11.9 Å². The van der Waals surface area contributed by atoms with Gasteiger partial charge >= 0.3 is 24.0 Å². The lowest BCUT2D eigenvalue weighted by Crippen LogP contribution is -2.44. The van der Waals surface area contributed by atoms with Crippen molar-refractivity contribution in [2.75, 3.05) is 18.5 Å². The molecule has 0 bridgehead atoms. The minimum absolute atomic E-state index is 0. The molecule has 0 aliphatic carbocycles. The number of halogens is 8. The molecule has 2 amide bonds. The van der Waals surface area contributed by atoms with Crippen molar-refractivity contribution in [3.63, 3.8) is 0 Å². The Morgan fingerprint density at radius 2 is 1.31 bits per heavy atom. The molecule has 164 valence electrons. The maximum atomic E-state index is 12.2. The van der Waals surface area contributed by atoms with Crippen LogP contribution in [0.15, 0.2) is 0 Å². The van der Waals surface area contributed by atoms with Crippen LogP contribution in [-0.4, -0.2) is 53.7 Å². The average Bonchev–Trinajstić information content (AvgIpc) is 2.49. The average molecular weight is 799 g/mol. The molecule has 29 heavy (non-hydrogen) atoms. The van der Waals surface area contributed by atoms with Crippen LogP contribution in [0.5, 0.6) is 0 Å². The summed E-state index contributed by atoms with van der Waals surface area (Å²) in [6.07, 6.45) is -5.17. The Morgan fingerprint density at radius 3 is 1.62 bits per heavy atom. The van der Waals surface area contributed by atoms with E-state index < -0.39 is 36.5 Å². The quantitative estimate of drug-likeness (QED) is 0.393. The molecular weight excluding hydrogens is 789 g/mol. The highest BCUT2D eigenvalue weighted by Gasteiger charge is 2.39. The van der Waals surface area contributed by atoms with Gasteiger partial charge in [-0.1, -0.05) is 0 Å². The minimum Gasteiger partial charge on any atom is -0.478 e.